The number of hydrogen-bond acceptors (Lipinski definition) is 4. The van der Waals surface area contributed by atoms with Gasteiger partial charge in [-0.2, -0.15) is 0 Å². The predicted molar refractivity (Wildman–Crippen MR) is 63.7 cm³/mol. The average Bonchev–Trinajstić information content (AvgIpc) is 2.26. The molecule has 17 heavy (non-hydrogen) atoms. The fourth-order valence-electron chi connectivity index (χ4n) is 1.21. The van der Waals surface area contributed by atoms with Crippen LogP contribution in [0.1, 0.15) is 5.56 Å². The summed E-state index contributed by atoms with van der Waals surface area (Å²) in [5.41, 5.74) is 0.185. The zero-order chi connectivity index (χ0) is 13.1. The van der Waals surface area contributed by atoms with Crippen LogP contribution in [-0.4, -0.2) is 25.8 Å². The van der Waals surface area contributed by atoms with E-state index in [2.05, 4.69) is 4.72 Å². The Kier molecular flexibility index (Phi) is 4.44. The van der Waals surface area contributed by atoms with Gasteiger partial charge in [-0.05, 0) is 13.0 Å². The molecule has 0 bridgehead atoms. The molecule has 0 atom stereocenters. The first-order valence-electron chi connectivity index (χ1n) is 4.69. The van der Waals surface area contributed by atoms with Gasteiger partial charge in [0.2, 0.25) is 10.0 Å². The van der Waals surface area contributed by atoms with Crippen LogP contribution in [0.2, 0.25) is 0 Å². The Labute approximate surface area is 104 Å². The predicted octanol–water partition coefficient (Wildman–Crippen LogP) is 1.42. The molecular formula is C9H11ClN2O4S. The second-order valence-electron chi connectivity index (χ2n) is 3.29. The first kappa shape index (κ1) is 13.9. The van der Waals surface area contributed by atoms with Gasteiger partial charge in [0.1, 0.15) is 0 Å². The monoisotopic (exact) mass is 278 g/mol. The van der Waals surface area contributed by atoms with Crippen molar-refractivity contribution in [2.24, 2.45) is 0 Å². The van der Waals surface area contributed by atoms with Gasteiger partial charge in [-0.1, -0.05) is 6.07 Å². The quantitative estimate of drug-likeness (QED) is 0.501. The van der Waals surface area contributed by atoms with Gasteiger partial charge in [-0.25, -0.2) is 13.1 Å². The molecule has 0 unspecified atom stereocenters. The summed E-state index contributed by atoms with van der Waals surface area (Å²) >= 11 is 5.37. The van der Waals surface area contributed by atoms with Crippen LogP contribution >= 0.6 is 11.6 Å². The number of sulfonamides is 1. The fraction of sp³-hybridized carbons (Fsp3) is 0.333. The average molecular weight is 279 g/mol. The minimum Gasteiger partial charge on any atom is -0.258 e. The lowest BCUT2D eigenvalue weighted by Crippen LogP contribution is -2.25. The van der Waals surface area contributed by atoms with Crippen LogP contribution in [0.5, 0.6) is 0 Å². The van der Waals surface area contributed by atoms with Crippen LogP contribution in [0.25, 0.3) is 0 Å². The number of benzene rings is 1. The first-order valence-corrected chi connectivity index (χ1v) is 6.71. The van der Waals surface area contributed by atoms with E-state index in [-0.39, 0.29) is 23.0 Å². The molecule has 0 aromatic heterocycles. The van der Waals surface area contributed by atoms with E-state index < -0.39 is 14.9 Å². The number of nitro benzene ring substituents is 1. The highest BCUT2D eigenvalue weighted by molar-refractivity contribution is 7.89. The van der Waals surface area contributed by atoms with E-state index in [4.69, 9.17) is 11.6 Å². The second kappa shape index (κ2) is 5.44. The number of halogens is 1. The molecule has 0 aliphatic carbocycles. The molecule has 6 nitrogen and oxygen atoms in total. The molecule has 0 aliphatic rings. The molecule has 1 N–H and O–H groups in total. The van der Waals surface area contributed by atoms with Gasteiger partial charge in [-0.15, -0.1) is 11.6 Å². The molecule has 1 aromatic rings. The lowest BCUT2D eigenvalue weighted by Gasteiger charge is -2.05. The highest BCUT2D eigenvalue weighted by atomic mass is 35.5. The summed E-state index contributed by atoms with van der Waals surface area (Å²) in [6.45, 7) is 1.62. The molecule has 8 heteroatoms. The number of aryl methyl sites for hydroxylation is 1. The maximum absolute atomic E-state index is 11.7. The van der Waals surface area contributed by atoms with Crippen molar-refractivity contribution < 1.29 is 13.3 Å². The lowest BCUT2D eigenvalue weighted by atomic mass is 10.2. The molecule has 0 saturated heterocycles. The molecule has 0 fully saturated rings. The van der Waals surface area contributed by atoms with Crippen LogP contribution in [0, 0.1) is 17.0 Å². The Hall–Kier alpha value is -1.18. The van der Waals surface area contributed by atoms with E-state index in [1.54, 1.807) is 6.92 Å². The third-order valence-corrected chi connectivity index (χ3v) is 3.72. The molecular weight excluding hydrogens is 268 g/mol. The van der Waals surface area contributed by atoms with Gasteiger partial charge in [0, 0.05) is 24.1 Å². The number of nitrogens with zero attached hydrogens (tertiary/aromatic N) is 1. The number of nitrogens with one attached hydrogen (secondary N) is 1. The van der Waals surface area contributed by atoms with Crippen molar-refractivity contribution in [1.82, 2.24) is 4.72 Å². The molecule has 0 heterocycles. The van der Waals surface area contributed by atoms with Gasteiger partial charge in [-0.3, -0.25) is 10.1 Å². The van der Waals surface area contributed by atoms with E-state index in [1.807, 2.05) is 0 Å². The van der Waals surface area contributed by atoms with Crippen molar-refractivity contribution >= 4 is 27.3 Å². The number of rotatable bonds is 5. The van der Waals surface area contributed by atoms with E-state index in [1.165, 1.54) is 12.1 Å². The summed E-state index contributed by atoms with van der Waals surface area (Å²) in [6, 6.07) is 3.75. The first-order chi connectivity index (χ1) is 7.88. The summed E-state index contributed by atoms with van der Waals surface area (Å²) in [6.07, 6.45) is 0. The fourth-order valence-corrected chi connectivity index (χ4v) is 2.47. The smallest absolute Gasteiger partial charge is 0.258 e. The molecule has 0 amide bonds. The highest BCUT2D eigenvalue weighted by Crippen LogP contribution is 2.21. The SMILES string of the molecule is Cc1ccc(S(=O)(=O)NCCCl)cc1[N+](=O)[O-]. The topological polar surface area (TPSA) is 89.3 Å². The van der Waals surface area contributed by atoms with Crippen molar-refractivity contribution in [3.63, 3.8) is 0 Å². The van der Waals surface area contributed by atoms with Gasteiger partial charge in [0.15, 0.2) is 0 Å². The zero-order valence-corrected chi connectivity index (χ0v) is 10.6. The molecule has 0 saturated carbocycles. The Bertz CT molecular complexity index is 530. The van der Waals surface area contributed by atoms with Crippen LogP contribution in [0.15, 0.2) is 23.1 Å². The molecule has 0 radical (unpaired) electrons. The maximum atomic E-state index is 11.7. The number of alkyl halides is 1. The third kappa shape index (κ3) is 3.39. The second-order valence-corrected chi connectivity index (χ2v) is 5.44. The van der Waals surface area contributed by atoms with Gasteiger partial charge >= 0.3 is 0 Å². The van der Waals surface area contributed by atoms with Crippen molar-refractivity contribution in [3.05, 3.63) is 33.9 Å². The lowest BCUT2D eigenvalue weighted by molar-refractivity contribution is -0.385. The van der Waals surface area contributed by atoms with E-state index in [9.17, 15) is 18.5 Å². The van der Waals surface area contributed by atoms with E-state index in [0.29, 0.717) is 5.56 Å². The summed E-state index contributed by atoms with van der Waals surface area (Å²) in [5.74, 6) is 0.132. The summed E-state index contributed by atoms with van der Waals surface area (Å²) in [5, 5.41) is 10.7. The van der Waals surface area contributed by atoms with E-state index in [0.717, 1.165) is 6.07 Å². The van der Waals surface area contributed by atoms with Gasteiger partial charge in [0.05, 0.1) is 9.82 Å². The normalized spacial score (nSPS) is 11.4. The van der Waals surface area contributed by atoms with Crippen LogP contribution in [-0.2, 0) is 10.0 Å². The Balaban J connectivity index is 3.16. The third-order valence-electron chi connectivity index (χ3n) is 2.07. The van der Waals surface area contributed by atoms with Crippen LogP contribution < -0.4 is 4.72 Å². The van der Waals surface area contributed by atoms with Crippen molar-refractivity contribution in [2.45, 2.75) is 11.8 Å². The van der Waals surface area contributed by atoms with Crippen molar-refractivity contribution in [3.8, 4) is 0 Å². The summed E-state index contributed by atoms with van der Waals surface area (Å²) < 4.78 is 25.6. The Morgan fingerprint density at radius 1 is 1.47 bits per heavy atom. The number of nitro groups is 1. The minimum atomic E-state index is -3.73. The number of hydrogen-bond donors (Lipinski definition) is 1. The molecule has 1 rings (SSSR count). The molecule has 0 spiro atoms. The Morgan fingerprint density at radius 3 is 2.65 bits per heavy atom. The molecule has 1 aromatic carbocycles. The standard InChI is InChI=1S/C9H11ClN2O4S/c1-7-2-3-8(6-9(7)12(13)14)17(15,16)11-5-4-10/h2-3,6,11H,4-5H2,1H3. The van der Waals surface area contributed by atoms with Crippen LogP contribution in [0.3, 0.4) is 0 Å². The maximum Gasteiger partial charge on any atom is 0.273 e. The zero-order valence-electron chi connectivity index (χ0n) is 9.01. The molecule has 94 valence electrons. The highest BCUT2D eigenvalue weighted by Gasteiger charge is 2.18. The van der Waals surface area contributed by atoms with Crippen LogP contribution in [0.4, 0.5) is 5.69 Å². The Morgan fingerprint density at radius 2 is 2.12 bits per heavy atom. The largest absolute Gasteiger partial charge is 0.273 e. The minimum absolute atomic E-state index is 0.0750. The summed E-state index contributed by atoms with van der Waals surface area (Å²) in [7, 11) is -3.73. The van der Waals surface area contributed by atoms with Crippen molar-refractivity contribution in [2.75, 3.05) is 12.4 Å². The van der Waals surface area contributed by atoms with Crippen molar-refractivity contribution in [1.29, 1.82) is 0 Å². The van der Waals surface area contributed by atoms with Gasteiger partial charge in [0.25, 0.3) is 5.69 Å². The van der Waals surface area contributed by atoms with E-state index >= 15 is 0 Å². The van der Waals surface area contributed by atoms with Gasteiger partial charge < -0.3 is 0 Å². The summed E-state index contributed by atoms with van der Waals surface area (Å²) in [4.78, 5) is 9.93. The molecule has 0 aliphatic heterocycles.